The van der Waals surface area contributed by atoms with Crippen molar-refractivity contribution in [2.45, 2.75) is 26.1 Å². The highest BCUT2D eigenvalue weighted by Crippen LogP contribution is 2.31. The van der Waals surface area contributed by atoms with Gasteiger partial charge in [0, 0.05) is 12.8 Å². The van der Waals surface area contributed by atoms with Crippen LogP contribution in [0.3, 0.4) is 0 Å². The van der Waals surface area contributed by atoms with Gasteiger partial charge in [0.05, 0.1) is 18.7 Å². The van der Waals surface area contributed by atoms with Gasteiger partial charge in [-0.05, 0) is 42.3 Å². The quantitative estimate of drug-likeness (QED) is 0.877. The van der Waals surface area contributed by atoms with Crippen molar-refractivity contribution in [3.05, 3.63) is 53.6 Å². The number of rotatable bonds is 5. The van der Waals surface area contributed by atoms with Crippen LogP contribution in [0.5, 0.6) is 5.75 Å². The minimum absolute atomic E-state index is 0.0619. The van der Waals surface area contributed by atoms with E-state index in [0.29, 0.717) is 23.7 Å². The van der Waals surface area contributed by atoms with Gasteiger partial charge in [-0.25, -0.2) is 0 Å². The number of benzene rings is 2. The van der Waals surface area contributed by atoms with Gasteiger partial charge in [0.15, 0.2) is 6.10 Å². The second-order valence-electron chi connectivity index (χ2n) is 5.98. The van der Waals surface area contributed by atoms with Gasteiger partial charge in [-0.3, -0.25) is 9.59 Å². The number of aryl methyl sites for hydroxylation is 1. The average molecular weight is 340 g/mol. The molecular weight excluding hydrogens is 320 g/mol. The Balaban J connectivity index is 1.64. The fourth-order valence-electron chi connectivity index (χ4n) is 2.68. The number of fused-ring (bicyclic) bond motifs is 1. The summed E-state index contributed by atoms with van der Waals surface area (Å²) in [5.41, 5.74) is 3.27. The van der Waals surface area contributed by atoms with Crippen molar-refractivity contribution in [3.8, 4) is 5.75 Å². The van der Waals surface area contributed by atoms with Crippen LogP contribution >= 0.6 is 0 Å². The molecule has 3 rings (SSSR count). The summed E-state index contributed by atoms with van der Waals surface area (Å²) in [4.78, 5) is 24.4. The summed E-state index contributed by atoms with van der Waals surface area (Å²) in [5, 5.41) is 5.57. The van der Waals surface area contributed by atoms with Crippen molar-refractivity contribution >= 4 is 23.2 Å². The number of ether oxygens (including phenoxy) is 2. The van der Waals surface area contributed by atoms with Gasteiger partial charge in [0.1, 0.15) is 5.75 Å². The predicted octanol–water partition coefficient (Wildman–Crippen LogP) is 2.87. The maximum Gasteiger partial charge on any atom is 0.266 e. The first-order valence-corrected chi connectivity index (χ1v) is 8.01. The van der Waals surface area contributed by atoms with Crippen molar-refractivity contribution in [1.82, 2.24) is 0 Å². The van der Waals surface area contributed by atoms with E-state index in [0.717, 1.165) is 11.1 Å². The molecule has 1 aliphatic rings. The third-order valence-corrected chi connectivity index (χ3v) is 3.85. The fraction of sp³-hybridized carbons (Fsp3) is 0.263. The summed E-state index contributed by atoms with van der Waals surface area (Å²) in [7, 11) is 1.61. The van der Waals surface area contributed by atoms with Gasteiger partial charge in [-0.15, -0.1) is 0 Å². The second-order valence-corrected chi connectivity index (χ2v) is 5.98. The molecule has 6 heteroatoms. The third-order valence-electron chi connectivity index (χ3n) is 3.85. The molecule has 0 radical (unpaired) electrons. The van der Waals surface area contributed by atoms with Gasteiger partial charge in [-0.2, -0.15) is 0 Å². The van der Waals surface area contributed by atoms with E-state index in [4.69, 9.17) is 9.47 Å². The first-order chi connectivity index (χ1) is 12.0. The highest BCUT2D eigenvalue weighted by molar-refractivity contribution is 6.02. The topological polar surface area (TPSA) is 76.7 Å². The molecule has 0 saturated heterocycles. The van der Waals surface area contributed by atoms with E-state index in [9.17, 15) is 9.59 Å². The van der Waals surface area contributed by atoms with Gasteiger partial charge >= 0.3 is 0 Å². The third kappa shape index (κ3) is 4.16. The molecule has 2 aromatic carbocycles. The molecule has 130 valence electrons. The van der Waals surface area contributed by atoms with E-state index in [1.165, 1.54) is 0 Å². The number of anilines is 2. The molecule has 1 atom stereocenters. The van der Waals surface area contributed by atoms with Gasteiger partial charge in [-0.1, -0.05) is 18.2 Å². The van der Waals surface area contributed by atoms with Crippen molar-refractivity contribution in [3.63, 3.8) is 0 Å². The van der Waals surface area contributed by atoms with Crippen LogP contribution in [0, 0.1) is 6.92 Å². The van der Waals surface area contributed by atoms with Crippen LogP contribution in [0.25, 0.3) is 0 Å². The summed E-state index contributed by atoms with van der Waals surface area (Å²) in [6.45, 7) is 2.40. The SMILES string of the molecule is COCc1cccc(NC(=O)CC2Oc3ccc(C)cc3NC2=O)c1. The normalized spacial score (nSPS) is 15.8. The lowest BCUT2D eigenvalue weighted by Gasteiger charge is -2.25. The van der Waals surface area contributed by atoms with Crippen LogP contribution in [0.2, 0.25) is 0 Å². The highest BCUT2D eigenvalue weighted by atomic mass is 16.5. The molecule has 0 saturated carbocycles. The van der Waals surface area contributed by atoms with Crippen molar-refractivity contribution in [2.24, 2.45) is 0 Å². The first kappa shape index (κ1) is 17.0. The zero-order valence-corrected chi connectivity index (χ0v) is 14.2. The lowest BCUT2D eigenvalue weighted by Crippen LogP contribution is -2.39. The molecule has 0 spiro atoms. The number of hydrogen-bond donors (Lipinski definition) is 2. The summed E-state index contributed by atoms with van der Waals surface area (Å²) >= 11 is 0. The lowest BCUT2D eigenvalue weighted by atomic mass is 10.1. The van der Waals surface area contributed by atoms with Crippen LogP contribution in [-0.2, 0) is 20.9 Å². The van der Waals surface area contributed by atoms with Crippen molar-refractivity contribution in [2.75, 3.05) is 17.7 Å². The van der Waals surface area contributed by atoms with E-state index in [2.05, 4.69) is 10.6 Å². The zero-order valence-electron chi connectivity index (χ0n) is 14.2. The summed E-state index contributed by atoms with van der Waals surface area (Å²) in [5.74, 6) is -0.0308. The molecule has 1 aliphatic heterocycles. The molecule has 0 bridgehead atoms. The Kier molecular flexibility index (Phi) is 5.00. The van der Waals surface area contributed by atoms with Gasteiger partial charge < -0.3 is 20.1 Å². The Morgan fingerprint density at radius 2 is 2.12 bits per heavy atom. The van der Waals surface area contributed by atoms with Crippen LogP contribution < -0.4 is 15.4 Å². The van der Waals surface area contributed by atoms with Crippen molar-refractivity contribution < 1.29 is 19.1 Å². The minimum Gasteiger partial charge on any atom is -0.478 e. The van der Waals surface area contributed by atoms with Crippen LogP contribution in [-0.4, -0.2) is 25.0 Å². The molecule has 6 nitrogen and oxygen atoms in total. The number of carbonyl (C=O) groups excluding carboxylic acids is 2. The molecule has 1 heterocycles. The maximum absolute atomic E-state index is 12.3. The second kappa shape index (κ2) is 7.36. The molecule has 0 aliphatic carbocycles. The summed E-state index contributed by atoms with van der Waals surface area (Å²) < 4.78 is 10.8. The Bertz CT molecular complexity index is 804. The zero-order chi connectivity index (χ0) is 17.8. The van der Waals surface area contributed by atoms with Crippen LogP contribution in [0.1, 0.15) is 17.5 Å². The molecule has 2 N–H and O–H groups in total. The molecular formula is C19H20N2O4. The molecule has 0 fully saturated rings. The van der Waals surface area contributed by atoms with Gasteiger partial charge in [0.2, 0.25) is 5.91 Å². The van der Waals surface area contributed by atoms with E-state index in [-0.39, 0.29) is 18.2 Å². The molecule has 1 unspecified atom stereocenters. The lowest BCUT2D eigenvalue weighted by molar-refractivity contribution is -0.128. The highest BCUT2D eigenvalue weighted by Gasteiger charge is 2.29. The van der Waals surface area contributed by atoms with E-state index < -0.39 is 6.10 Å². The van der Waals surface area contributed by atoms with Crippen LogP contribution in [0.4, 0.5) is 11.4 Å². The van der Waals surface area contributed by atoms with E-state index in [1.807, 2.05) is 37.3 Å². The number of amides is 2. The number of hydrogen-bond acceptors (Lipinski definition) is 4. The summed E-state index contributed by atoms with van der Waals surface area (Å²) in [6, 6.07) is 12.9. The Hall–Kier alpha value is -2.86. The molecule has 25 heavy (non-hydrogen) atoms. The monoisotopic (exact) mass is 340 g/mol. The predicted molar refractivity (Wildman–Crippen MR) is 94.6 cm³/mol. The van der Waals surface area contributed by atoms with E-state index >= 15 is 0 Å². The molecule has 2 amide bonds. The fourth-order valence-corrected chi connectivity index (χ4v) is 2.68. The molecule has 2 aromatic rings. The van der Waals surface area contributed by atoms with Gasteiger partial charge in [0.25, 0.3) is 5.91 Å². The largest absolute Gasteiger partial charge is 0.478 e. The average Bonchev–Trinajstić information content (AvgIpc) is 2.56. The smallest absolute Gasteiger partial charge is 0.266 e. The first-order valence-electron chi connectivity index (χ1n) is 8.01. The molecule has 0 aromatic heterocycles. The summed E-state index contributed by atoms with van der Waals surface area (Å²) in [6.07, 6.45) is -0.912. The van der Waals surface area contributed by atoms with Crippen LogP contribution in [0.15, 0.2) is 42.5 Å². The number of nitrogens with one attached hydrogen (secondary N) is 2. The number of carbonyl (C=O) groups is 2. The standard InChI is InChI=1S/C19H20N2O4/c1-12-6-7-16-15(8-12)21-19(23)17(25-16)10-18(22)20-14-5-3-4-13(9-14)11-24-2/h3-9,17H,10-11H2,1-2H3,(H,20,22)(H,21,23). The van der Waals surface area contributed by atoms with Crippen molar-refractivity contribution in [1.29, 1.82) is 0 Å². The maximum atomic E-state index is 12.3. The Morgan fingerprint density at radius 1 is 1.28 bits per heavy atom. The number of methoxy groups -OCH3 is 1. The minimum atomic E-state index is -0.850. The Morgan fingerprint density at radius 3 is 2.92 bits per heavy atom. The Labute approximate surface area is 146 Å². The van der Waals surface area contributed by atoms with E-state index in [1.54, 1.807) is 19.2 Å².